The number of anilines is 2. The van der Waals surface area contributed by atoms with E-state index < -0.39 is 4.92 Å². The molecule has 2 N–H and O–H groups in total. The molecule has 1 fully saturated rings. The van der Waals surface area contributed by atoms with Crippen LogP contribution in [0.2, 0.25) is 0 Å². The SMILES string of the molecule is CN(c1cc(N)cc([N+](=O)[O-])c1)C1CCCCC1. The molecular formula is C13H19N3O2. The first-order chi connectivity index (χ1) is 8.58. The molecule has 0 heterocycles. The highest BCUT2D eigenvalue weighted by molar-refractivity contribution is 5.62. The molecule has 0 atom stereocenters. The molecule has 98 valence electrons. The molecule has 1 aromatic carbocycles. The lowest BCUT2D eigenvalue weighted by atomic mass is 9.94. The van der Waals surface area contributed by atoms with Crippen LogP contribution in [-0.2, 0) is 0 Å². The Balaban J connectivity index is 2.23. The highest BCUT2D eigenvalue weighted by Crippen LogP contribution is 2.30. The molecule has 1 aromatic rings. The number of nitro benzene ring substituents is 1. The van der Waals surface area contributed by atoms with Crippen molar-refractivity contribution < 1.29 is 4.92 Å². The third kappa shape index (κ3) is 2.72. The van der Waals surface area contributed by atoms with Crippen molar-refractivity contribution in [2.45, 2.75) is 38.1 Å². The maximum Gasteiger partial charge on any atom is 0.273 e. The number of hydrogen-bond acceptors (Lipinski definition) is 4. The maximum atomic E-state index is 10.8. The van der Waals surface area contributed by atoms with E-state index in [0.717, 1.165) is 18.5 Å². The maximum absolute atomic E-state index is 10.8. The van der Waals surface area contributed by atoms with Crippen LogP contribution in [0.25, 0.3) is 0 Å². The van der Waals surface area contributed by atoms with Gasteiger partial charge in [-0.05, 0) is 18.9 Å². The van der Waals surface area contributed by atoms with Crippen LogP contribution in [0.15, 0.2) is 18.2 Å². The third-order valence-corrected chi connectivity index (χ3v) is 3.67. The van der Waals surface area contributed by atoms with Gasteiger partial charge >= 0.3 is 0 Å². The summed E-state index contributed by atoms with van der Waals surface area (Å²) in [6, 6.07) is 5.28. The number of non-ortho nitro benzene ring substituents is 1. The molecule has 2 rings (SSSR count). The molecule has 0 radical (unpaired) electrons. The first kappa shape index (κ1) is 12.7. The van der Waals surface area contributed by atoms with Gasteiger partial charge in [0.05, 0.1) is 4.92 Å². The predicted octanol–water partition coefficient (Wildman–Crippen LogP) is 2.95. The molecule has 5 heteroatoms. The Hall–Kier alpha value is -1.78. The van der Waals surface area contributed by atoms with Crippen molar-refractivity contribution in [2.24, 2.45) is 0 Å². The van der Waals surface area contributed by atoms with E-state index in [-0.39, 0.29) is 5.69 Å². The van der Waals surface area contributed by atoms with Gasteiger partial charge < -0.3 is 10.6 Å². The molecule has 18 heavy (non-hydrogen) atoms. The Kier molecular flexibility index (Phi) is 3.69. The first-order valence-corrected chi connectivity index (χ1v) is 6.35. The molecule has 0 spiro atoms. The summed E-state index contributed by atoms with van der Waals surface area (Å²) in [6.45, 7) is 0. The molecule has 0 aliphatic heterocycles. The van der Waals surface area contributed by atoms with E-state index in [9.17, 15) is 10.1 Å². The smallest absolute Gasteiger partial charge is 0.273 e. The van der Waals surface area contributed by atoms with Gasteiger partial charge in [-0.15, -0.1) is 0 Å². The van der Waals surface area contributed by atoms with Gasteiger partial charge in [-0.3, -0.25) is 10.1 Å². The topological polar surface area (TPSA) is 72.4 Å². The standard InChI is InChI=1S/C13H19N3O2/c1-15(11-5-3-2-4-6-11)12-7-10(14)8-13(9-12)16(17)18/h7-9,11H,2-6,14H2,1H3. The van der Waals surface area contributed by atoms with Gasteiger partial charge in [0, 0.05) is 36.6 Å². The minimum Gasteiger partial charge on any atom is -0.398 e. The second kappa shape index (κ2) is 5.25. The number of nitro groups is 1. The minimum atomic E-state index is -0.394. The lowest BCUT2D eigenvalue weighted by Gasteiger charge is -2.33. The van der Waals surface area contributed by atoms with E-state index in [0.29, 0.717) is 11.7 Å². The Labute approximate surface area is 107 Å². The molecule has 5 nitrogen and oxygen atoms in total. The molecule has 1 saturated carbocycles. The molecule has 1 aliphatic carbocycles. The number of nitrogen functional groups attached to an aromatic ring is 1. The number of rotatable bonds is 3. The van der Waals surface area contributed by atoms with Gasteiger partial charge in [0.25, 0.3) is 5.69 Å². The van der Waals surface area contributed by atoms with Crippen LogP contribution < -0.4 is 10.6 Å². The summed E-state index contributed by atoms with van der Waals surface area (Å²) in [7, 11) is 1.99. The number of hydrogen-bond donors (Lipinski definition) is 1. The fourth-order valence-electron chi connectivity index (χ4n) is 2.61. The fourth-order valence-corrected chi connectivity index (χ4v) is 2.61. The zero-order chi connectivity index (χ0) is 13.1. The second-order valence-corrected chi connectivity index (χ2v) is 4.94. The average Bonchev–Trinajstić information content (AvgIpc) is 2.38. The molecule has 0 bridgehead atoms. The molecule has 0 saturated heterocycles. The van der Waals surface area contributed by atoms with Crippen LogP contribution in [-0.4, -0.2) is 18.0 Å². The van der Waals surface area contributed by atoms with Crippen molar-refractivity contribution in [1.29, 1.82) is 0 Å². The van der Waals surface area contributed by atoms with Gasteiger partial charge in [-0.2, -0.15) is 0 Å². The van der Waals surface area contributed by atoms with E-state index in [1.54, 1.807) is 6.07 Å². The average molecular weight is 249 g/mol. The first-order valence-electron chi connectivity index (χ1n) is 6.35. The third-order valence-electron chi connectivity index (χ3n) is 3.67. The fraction of sp³-hybridized carbons (Fsp3) is 0.538. The highest BCUT2D eigenvalue weighted by atomic mass is 16.6. The Bertz CT molecular complexity index is 442. The summed E-state index contributed by atoms with van der Waals surface area (Å²) < 4.78 is 0. The summed E-state index contributed by atoms with van der Waals surface area (Å²) in [5, 5.41) is 10.8. The van der Waals surface area contributed by atoms with Crippen molar-refractivity contribution >= 4 is 17.1 Å². The number of benzene rings is 1. The summed E-state index contributed by atoms with van der Waals surface area (Å²) in [5.74, 6) is 0. The van der Waals surface area contributed by atoms with Crippen LogP contribution in [0.4, 0.5) is 17.1 Å². The van der Waals surface area contributed by atoms with Gasteiger partial charge in [0.1, 0.15) is 0 Å². The molecule has 1 aliphatic rings. The normalized spacial score (nSPS) is 16.5. The Morgan fingerprint density at radius 3 is 2.56 bits per heavy atom. The molecule has 0 unspecified atom stereocenters. The summed E-state index contributed by atoms with van der Waals surface area (Å²) >= 11 is 0. The van der Waals surface area contributed by atoms with Crippen molar-refractivity contribution in [2.75, 3.05) is 17.7 Å². The lowest BCUT2D eigenvalue weighted by Crippen LogP contribution is -2.33. The van der Waals surface area contributed by atoms with Crippen molar-refractivity contribution in [3.8, 4) is 0 Å². The summed E-state index contributed by atoms with van der Waals surface area (Å²) in [6.07, 6.45) is 6.07. The summed E-state index contributed by atoms with van der Waals surface area (Å²) in [5.41, 5.74) is 7.08. The van der Waals surface area contributed by atoms with Gasteiger partial charge in [0.15, 0.2) is 0 Å². The van der Waals surface area contributed by atoms with Crippen LogP contribution in [0.5, 0.6) is 0 Å². The quantitative estimate of drug-likeness (QED) is 0.508. The minimum absolute atomic E-state index is 0.0626. The van der Waals surface area contributed by atoms with Crippen molar-refractivity contribution in [3.05, 3.63) is 28.3 Å². The number of nitrogens with zero attached hydrogens (tertiary/aromatic N) is 2. The highest BCUT2D eigenvalue weighted by Gasteiger charge is 2.20. The largest absolute Gasteiger partial charge is 0.398 e. The number of nitrogens with two attached hydrogens (primary N) is 1. The molecule has 0 aromatic heterocycles. The van der Waals surface area contributed by atoms with E-state index in [1.807, 2.05) is 13.1 Å². The zero-order valence-electron chi connectivity index (χ0n) is 10.6. The van der Waals surface area contributed by atoms with Crippen molar-refractivity contribution in [3.63, 3.8) is 0 Å². The van der Waals surface area contributed by atoms with Crippen LogP contribution in [0.3, 0.4) is 0 Å². The van der Waals surface area contributed by atoms with Gasteiger partial charge in [-0.1, -0.05) is 19.3 Å². The molecular weight excluding hydrogens is 230 g/mol. The van der Waals surface area contributed by atoms with Crippen LogP contribution in [0.1, 0.15) is 32.1 Å². The van der Waals surface area contributed by atoms with Crippen LogP contribution >= 0.6 is 0 Å². The van der Waals surface area contributed by atoms with E-state index >= 15 is 0 Å². The monoisotopic (exact) mass is 249 g/mol. The predicted molar refractivity (Wildman–Crippen MR) is 72.8 cm³/mol. The lowest BCUT2D eigenvalue weighted by molar-refractivity contribution is -0.384. The van der Waals surface area contributed by atoms with E-state index in [4.69, 9.17) is 5.73 Å². The van der Waals surface area contributed by atoms with E-state index in [2.05, 4.69) is 4.90 Å². The van der Waals surface area contributed by atoms with E-state index in [1.165, 1.54) is 25.3 Å². The van der Waals surface area contributed by atoms with Crippen molar-refractivity contribution in [1.82, 2.24) is 0 Å². The van der Waals surface area contributed by atoms with Gasteiger partial charge in [0.2, 0.25) is 0 Å². The van der Waals surface area contributed by atoms with Gasteiger partial charge in [-0.25, -0.2) is 0 Å². The second-order valence-electron chi connectivity index (χ2n) is 4.94. The molecule has 0 amide bonds. The Morgan fingerprint density at radius 1 is 1.28 bits per heavy atom. The zero-order valence-corrected chi connectivity index (χ0v) is 10.6. The Morgan fingerprint density at radius 2 is 1.94 bits per heavy atom. The summed E-state index contributed by atoms with van der Waals surface area (Å²) in [4.78, 5) is 12.6. The van der Waals surface area contributed by atoms with Crippen LogP contribution in [0, 0.1) is 10.1 Å².